The van der Waals surface area contributed by atoms with Crippen LogP contribution < -0.4 is 0 Å². The summed E-state index contributed by atoms with van der Waals surface area (Å²) in [6, 6.07) is 39.1. The quantitative estimate of drug-likeness (QED) is 0.169. The number of thioether (sulfide) groups is 1. The summed E-state index contributed by atoms with van der Waals surface area (Å²) in [5.41, 5.74) is 4.52. The second-order valence-electron chi connectivity index (χ2n) is 10.2. The second kappa shape index (κ2) is 15.3. The van der Waals surface area contributed by atoms with Crippen LogP contribution in [0.15, 0.2) is 120 Å². The van der Waals surface area contributed by atoms with Crippen molar-refractivity contribution in [3.05, 3.63) is 138 Å². The number of benzene rings is 4. The summed E-state index contributed by atoms with van der Waals surface area (Å²) >= 11 is 1.70. The van der Waals surface area contributed by atoms with Crippen LogP contribution in [0.25, 0.3) is 0 Å². The lowest BCUT2D eigenvalue weighted by atomic mass is 10.00. The number of rotatable bonds is 13. The molecule has 0 saturated carbocycles. The number of methoxy groups -OCH3 is 1. The van der Waals surface area contributed by atoms with Crippen molar-refractivity contribution in [1.82, 2.24) is 0 Å². The zero-order valence-electron chi connectivity index (χ0n) is 23.6. The normalized spacial score (nSPS) is 22.4. The van der Waals surface area contributed by atoms with Gasteiger partial charge in [-0.25, -0.2) is 0 Å². The lowest BCUT2D eigenvalue weighted by Gasteiger charge is -2.45. The molecule has 0 aliphatic carbocycles. The molecule has 5 nitrogen and oxygen atoms in total. The van der Waals surface area contributed by atoms with Crippen LogP contribution in [-0.2, 0) is 43.5 Å². The van der Waals surface area contributed by atoms with E-state index >= 15 is 0 Å². The molecule has 0 amide bonds. The van der Waals surface area contributed by atoms with E-state index in [-0.39, 0.29) is 23.6 Å². The highest BCUT2D eigenvalue weighted by atomic mass is 32.2. The van der Waals surface area contributed by atoms with Gasteiger partial charge in [-0.15, -0.1) is 11.8 Å². The molecule has 4 aromatic rings. The first-order valence-corrected chi connectivity index (χ1v) is 14.9. The molecule has 1 saturated heterocycles. The highest BCUT2D eigenvalue weighted by Gasteiger charge is 2.48. The van der Waals surface area contributed by atoms with E-state index in [9.17, 15) is 0 Å². The number of hydrogen-bond donors (Lipinski definition) is 0. The van der Waals surface area contributed by atoms with Crippen molar-refractivity contribution in [2.45, 2.75) is 61.5 Å². The van der Waals surface area contributed by atoms with Crippen molar-refractivity contribution in [3.63, 3.8) is 0 Å². The molecular weight excluding hydrogens is 532 g/mol. The average Bonchev–Trinajstić information content (AvgIpc) is 3.02. The molecule has 41 heavy (non-hydrogen) atoms. The van der Waals surface area contributed by atoms with Crippen LogP contribution in [0.1, 0.15) is 22.3 Å². The van der Waals surface area contributed by atoms with Gasteiger partial charge < -0.3 is 23.7 Å². The minimum atomic E-state index is -0.510. The molecule has 0 bridgehead atoms. The minimum absolute atomic E-state index is 0.169. The SMILES string of the molecule is CO[C@H]1O[C@H](COCc2ccccc2)[C@@H](OCc2ccccc2)[C@H](OCc2ccccc2)[C@@H]1Sc1ccc(C)cc1. The Bertz CT molecular complexity index is 1290. The average molecular weight is 571 g/mol. The van der Waals surface area contributed by atoms with Gasteiger partial charge in [-0.3, -0.25) is 0 Å². The molecule has 5 rings (SSSR count). The van der Waals surface area contributed by atoms with Gasteiger partial charge in [0.25, 0.3) is 0 Å². The highest BCUT2D eigenvalue weighted by molar-refractivity contribution is 8.00. The van der Waals surface area contributed by atoms with Crippen LogP contribution in [0, 0.1) is 6.92 Å². The smallest absolute Gasteiger partial charge is 0.172 e. The van der Waals surface area contributed by atoms with Crippen LogP contribution in [0.4, 0.5) is 0 Å². The summed E-state index contributed by atoms with van der Waals surface area (Å²) in [4.78, 5) is 1.13. The Hall–Kier alpha value is -2.97. The van der Waals surface area contributed by atoms with Crippen molar-refractivity contribution in [1.29, 1.82) is 0 Å². The summed E-state index contributed by atoms with van der Waals surface area (Å²) in [7, 11) is 1.69. The van der Waals surface area contributed by atoms with Crippen molar-refractivity contribution in [2.75, 3.05) is 13.7 Å². The maximum Gasteiger partial charge on any atom is 0.172 e. The zero-order valence-corrected chi connectivity index (χ0v) is 24.5. The van der Waals surface area contributed by atoms with Gasteiger partial charge in [0, 0.05) is 12.0 Å². The van der Waals surface area contributed by atoms with Crippen molar-refractivity contribution in [3.8, 4) is 0 Å². The zero-order chi connectivity index (χ0) is 28.3. The Morgan fingerprint density at radius 1 is 0.634 bits per heavy atom. The Morgan fingerprint density at radius 2 is 1.15 bits per heavy atom. The molecule has 6 heteroatoms. The molecule has 1 fully saturated rings. The summed E-state index contributed by atoms with van der Waals surface area (Å²) in [5, 5.41) is -0.169. The van der Waals surface area contributed by atoms with E-state index in [1.165, 1.54) is 5.56 Å². The molecule has 5 atom stereocenters. The molecule has 0 unspecified atom stereocenters. The van der Waals surface area contributed by atoms with Gasteiger partial charge in [0.2, 0.25) is 0 Å². The molecular formula is C35H38O5S. The van der Waals surface area contributed by atoms with Crippen molar-refractivity contribution < 1.29 is 23.7 Å². The molecule has 0 aromatic heterocycles. The van der Waals surface area contributed by atoms with Crippen molar-refractivity contribution >= 4 is 11.8 Å². The van der Waals surface area contributed by atoms with E-state index in [4.69, 9.17) is 23.7 Å². The van der Waals surface area contributed by atoms with E-state index < -0.39 is 6.29 Å². The summed E-state index contributed by atoms with van der Waals surface area (Å²) in [5.74, 6) is 0. The monoisotopic (exact) mass is 570 g/mol. The first kappa shape index (κ1) is 29.5. The topological polar surface area (TPSA) is 46.2 Å². The van der Waals surface area contributed by atoms with Gasteiger partial charge in [0.15, 0.2) is 6.29 Å². The number of aryl methyl sites for hydroxylation is 1. The fourth-order valence-corrected chi connectivity index (χ4v) is 6.15. The first-order valence-electron chi connectivity index (χ1n) is 14.0. The molecule has 1 heterocycles. The van der Waals surface area contributed by atoms with Crippen LogP contribution in [0.3, 0.4) is 0 Å². The molecule has 0 N–H and O–H groups in total. The van der Waals surface area contributed by atoms with Gasteiger partial charge in [0.1, 0.15) is 18.3 Å². The summed E-state index contributed by atoms with van der Waals surface area (Å²) in [6.07, 6.45) is -1.61. The summed E-state index contributed by atoms with van der Waals surface area (Å²) in [6.45, 7) is 3.82. The van der Waals surface area contributed by atoms with E-state index in [2.05, 4.69) is 67.6 Å². The lowest BCUT2D eigenvalue weighted by molar-refractivity contribution is -0.268. The summed E-state index contributed by atoms with van der Waals surface area (Å²) < 4.78 is 32.1. The predicted octanol–water partition coefficient (Wildman–Crippen LogP) is 7.21. The molecule has 1 aliphatic heterocycles. The van der Waals surface area contributed by atoms with E-state index in [1.807, 2.05) is 54.6 Å². The highest BCUT2D eigenvalue weighted by Crippen LogP contribution is 2.38. The molecule has 4 aromatic carbocycles. The van der Waals surface area contributed by atoms with Gasteiger partial charge in [-0.2, -0.15) is 0 Å². The minimum Gasteiger partial charge on any atom is -0.374 e. The third-order valence-corrected chi connectivity index (χ3v) is 8.39. The molecule has 1 aliphatic rings. The largest absolute Gasteiger partial charge is 0.374 e. The van der Waals surface area contributed by atoms with Gasteiger partial charge in [-0.05, 0) is 35.7 Å². The van der Waals surface area contributed by atoms with Crippen LogP contribution in [0.5, 0.6) is 0 Å². The Morgan fingerprint density at radius 3 is 1.68 bits per heavy atom. The Balaban J connectivity index is 1.41. The second-order valence-corrected chi connectivity index (χ2v) is 11.4. The molecule has 214 valence electrons. The Labute approximate surface area is 247 Å². The van der Waals surface area contributed by atoms with Crippen molar-refractivity contribution in [2.24, 2.45) is 0 Å². The number of hydrogen-bond acceptors (Lipinski definition) is 6. The van der Waals surface area contributed by atoms with Crippen LogP contribution in [-0.4, -0.2) is 43.6 Å². The standard InChI is InChI=1S/C35H38O5S/c1-26-18-20-30(21-19-26)41-34-33(39-24-29-16-10-5-11-17-29)32(38-23-28-14-8-4-9-15-28)31(40-35(34)36-2)25-37-22-27-12-6-3-7-13-27/h3-21,31-35H,22-25H2,1-2H3/t31-,32-,33+,34+,35+/m1/s1. The van der Waals surface area contributed by atoms with Crippen LogP contribution in [0.2, 0.25) is 0 Å². The van der Waals surface area contributed by atoms with E-state index in [1.54, 1.807) is 18.9 Å². The third kappa shape index (κ3) is 8.52. The maximum atomic E-state index is 6.74. The number of ether oxygens (including phenoxy) is 5. The van der Waals surface area contributed by atoms with Gasteiger partial charge in [0.05, 0.1) is 31.7 Å². The predicted molar refractivity (Wildman–Crippen MR) is 163 cm³/mol. The van der Waals surface area contributed by atoms with Crippen LogP contribution >= 0.6 is 11.8 Å². The first-order chi connectivity index (χ1) is 20.2. The van der Waals surface area contributed by atoms with E-state index in [0.29, 0.717) is 26.4 Å². The molecule has 0 radical (unpaired) electrons. The van der Waals surface area contributed by atoms with E-state index in [0.717, 1.165) is 21.6 Å². The molecule has 0 spiro atoms. The third-order valence-electron chi connectivity index (χ3n) is 7.08. The maximum absolute atomic E-state index is 6.74. The lowest BCUT2D eigenvalue weighted by Crippen LogP contribution is -2.59. The van der Waals surface area contributed by atoms with Gasteiger partial charge in [-0.1, -0.05) is 109 Å². The fraction of sp³-hybridized carbons (Fsp3) is 0.314. The van der Waals surface area contributed by atoms with Gasteiger partial charge >= 0.3 is 0 Å². The fourth-order valence-electron chi connectivity index (χ4n) is 4.89. The Kier molecular flexibility index (Phi) is 11.0.